The molecule has 0 saturated heterocycles. The van der Waals surface area contributed by atoms with Gasteiger partial charge < -0.3 is 10.5 Å². The SMILES string of the molecule is CC#CCC(N)COC(C)(C)C. The molecule has 0 aromatic heterocycles. The molecule has 0 aliphatic carbocycles. The van der Waals surface area contributed by atoms with Gasteiger partial charge in [0.05, 0.1) is 12.2 Å². The number of nitrogens with two attached hydrogens (primary N) is 1. The normalized spacial score (nSPS) is 13.4. The largest absolute Gasteiger partial charge is 0.374 e. The molecule has 0 bridgehead atoms. The van der Waals surface area contributed by atoms with Crippen LogP contribution in [0.3, 0.4) is 0 Å². The van der Waals surface area contributed by atoms with Crippen LogP contribution < -0.4 is 5.73 Å². The Kier molecular flexibility index (Phi) is 4.96. The van der Waals surface area contributed by atoms with Gasteiger partial charge in [0.1, 0.15) is 0 Å². The quantitative estimate of drug-likeness (QED) is 0.650. The molecule has 12 heavy (non-hydrogen) atoms. The first-order valence-corrected chi connectivity index (χ1v) is 4.25. The third-order valence-electron chi connectivity index (χ3n) is 1.27. The fourth-order valence-electron chi connectivity index (χ4n) is 0.649. The summed E-state index contributed by atoms with van der Waals surface area (Å²) in [5, 5.41) is 0. The summed E-state index contributed by atoms with van der Waals surface area (Å²) in [5.41, 5.74) is 5.64. The van der Waals surface area contributed by atoms with Gasteiger partial charge in [0.2, 0.25) is 0 Å². The van der Waals surface area contributed by atoms with E-state index >= 15 is 0 Å². The number of rotatable bonds is 3. The third-order valence-corrected chi connectivity index (χ3v) is 1.27. The van der Waals surface area contributed by atoms with E-state index in [0.29, 0.717) is 13.0 Å². The highest BCUT2D eigenvalue weighted by atomic mass is 16.5. The van der Waals surface area contributed by atoms with Crippen LogP contribution in [0.25, 0.3) is 0 Å². The van der Waals surface area contributed by atoms with E-state index < -0.39 is 0 Å². The molecule has 1 unspecified atom stereocenters. The Bertz CT molecular complexity index is 171. The van der Waals surface area contributed by atoms with Gasteiger partial charge in [-0.1, -0.05) is 0 Å². The third kappa shape index (κ3) is 7.59. The van der Waals surface area contributed by atoms with E-state index in [-0.39, 0.29) is 11.6 Å². The molecule has 0 spiro atoms. The van der Waals surface area contributed by atoms with Crippen LogP contribution in [-0.2, 0) is 4.74 Å². The van der Waals surface area contributed by atoms with Gasteiger partial charge in [0, 0.05) is 12.5 Å². The zero-order valence-corrected chi connectivity index (χ0v) is 8.48. The van der Waals surface area contributed by atoms with Gasteiger partial charge in [-0.25, -0.2) is 0 Å². The molecule has 0 rings (SSSR count). The summed E-state index contributed by atoms with van der Waals surface area (Å²) in [5.74, 6) is 5.74. The van der Waals surface area contributed by atoms with E-state index in [2.05, 4.69) is 11.8 Å². The molecule has 0 aliphatic heterocycles. The van der Waals surface area contributed by atoms with Crippen LogP contribution in [0.4, 0.5) is 0 Å². The monoisotopic (exact) mass is 169 g/mol. The summed E-state index contributed by atoms with van der Waals surface area (Å²) in [6.45, 7) is 8.46. The van der Waals surface area contributed by atoms with Crippen molar-refractivity contribution in [3.8, 4) is 11.8 Å². The number of ether oxygens (including phenoxy) is 1. The molecule has 0 amide bonds. The average molecular weight is 169 g/mol. The molecule has 0 fully saturated rings. The average Bonchev–Trinajstić information content (AvgIpc) is 1.95. The Morgan fingerprint density at radius 3 is 2.42 bits per heavy atom. The van der Waals surface area contributed by atoms with Gasteiger partial charge >= 0.3 is 0 Å². The predicted octanol–water partition coefficient (Wildman–Crippen LogP) is 1.54. The molecule has 2 nitrogen and oxygen atoms in total. The molecular weight excluding hydrogens is 150 g/mol. The second kappa shape index (κ2) is 5.18. The highest BCUT2D eigenvalue weighted by Gasteiger charge is 2.11. The van der Waals surface area contributed by atoms with Crippen LogP contribution in [0.2, 0.25) is 0 Å². The van der Waals surface area contributed by atoms with E-state index in [1.54, 1.807) is 0 Å². The minimum absolute atomic E-state index is 0.0386. The maximum Gasteiger partial charge on any atom is 0.0633 e. The lowest BCUT2D eigenvalue weighted by Crippen LogP contribution is -2.31. The van der Waals surface area contributed by atoms with Crippen LogP contribution in [-0.4, -0.2) is 18.2 Å². The Hall–Kier alpha value is -0.520. The molecule has 0 heterocycles. The number of hydrogen-bond donors (Lipinski definition) is 1. The van der Waals surface area contributed by atoms with E-state index in [9.17, 15) is 0 Å². The van der Waals surface area contributed by atoms with Crippen molar-refractivity contribution in [2.45, 2.75) is 45.8 Å². The van der Waals surface area contributed by atoms with Crippen molar-refractivity contribution in [3.63, 3.8) is 0 Å². The summed E-state index contributed by atoms with van der Waals surface area (Å²) >= 11 is 0. The standard InChI is InChI=1S/C10H19NO/c1-5-6-7-9(11)8-12-10(2,3)4/h9H,7-8,11H2,1-4H3. The molecule has 0 aromatic rings. The fraction of sp³-hybridized carbons (Fsp3) is 0.800. The lowest BCUT2D eigenvalue weighted by atomic mass is 10.2. The van der Waals surface area contributed by atoms with Crippen LogP contribution in [0.1, 0.15) is 34.1 Å². The van der Waals surface area contributed by atoms with Gasteiger partial charge in [-0.05, 0) is 27.7 Å². The summed E-state index contributed by atoms with van der Waals surface area (Å²) in [7, 11) is 0. The molecule has 2 N–H and O–H groups in total. The number of hydrogen-bond acceptors (Lipinski definition) is 2. The van der Waals surface area contributed by atoms with E-state index in [0.717, 1.165) is 0 Å². The van der Waals surface area contributed by atoms with Crippen molar-refractivity contribution in [2.75, 3.05) is 6.61 Å². The predicted molar refractivity (Wildman–Crippen MR) is 51.7 cm³/mol. The first-order chi connectivity index (χ1) is 5.45. The van der Waals surface area contributed by atoms with E-state index in [1.807, 2.05) is 27.7 Å². The van der Waals surface area contributed by atoms with Gasteiger partial charge in [-0.2, -0.15) is 0 Å². The second-order valence-corrected chi connectivity index (χ2v) is 3.81. The lowest BCUT2D eigenvalue weighted by molar-refractivity contribution is -0.00934. The molecule has 0 radical (unpaired) electrons. The highest BCUT2D eigenvalue weighted by Crippen LogP contribution is 2.06. The first kappa shape index (κ1) is 11.5. The van der Waals surface area contributed by atoms with E-state index in [1.165, 1.54) is 0 Å². The van der Waals surface area contributed by atoms with Crippen LogP contribution in [0.15, 0.2) is 0 Å². The fourth-order valence-corrected chi connectivity index (χ4v) is 0.649. The zero-order valence-electron chi connectivity index (χ0n) is 8.48. The van der Waals surface area contributed by atoms with Crippen LogP contribution in [0, 0.1) is 11.8 Å². The first-order valence-electron chi connectivity index (χ1n) is 4.25. The molecule has 2 heteroatoms. The summed E-state index contributed by atoms with van der Waals surface area (Å²) < 4.78 is 5.50. The van der Waals surface area contributed by atoms with Crippen molar-refractivity contribution in [2.24, 2.45) is 5.73 Å². The molecule has 0 aromatic carbocycles. The minimum atomic E-state index is -0.0999. The van der Waals surface area contributed by atoms with Crippen molar-refractivity contribution < 1.29 is 4.74 Å². The maximum atomic E-state index is 5.74. The molecular formula is C10H19NO. The smallest absolute Gasteiger partial charge is 0.0633 e. The molecule has 1 atom stereocenters. The summed E-state index contributed by atoms with van der Waals surface area (Å²) in [6.07, 6.45) is 0.715. The van der Waals surface area contributed by atoms with Gasteiger partial charge in [0.15, 0.2) is 0 Å². The van der Waals surface area contributed by atoms with Gasteiger partial charge in [-0.15, -0.1) is 11.8 Å². The Morgan fingerprint density at radius 1 is 1.42 bits per heavy atom. The van der Waals surface area contributed by atoms with Gasteiger partial charge in [0.25, 0.3) is 0 Å². The Labute approximate surface area is 75.5 Å². The van der Waals surface area contributed by atoms with E-state index in [4.69, 9.17) is 10.5 Å². The lowest BCUT2D eigenvalue weighted by Gasteiger charge is -2.21. The van der Waals surface area contributed by atoms with Crippen molar-refractivity contribution in [1.82, 2.24) is 0 Å². The van der Waals surface area contributed by atoms with Crippen LogP contribution >= 0.6 is 0 Å². The summed E-state index contributed by atoms with van der Waals surface area (Å²) in [4.78, 5) is 0. The molecule has 0 saturated carbocycles. The second-order valence-electron chi connectivity index (χ2n) is 3.81. The Balaban J connectivity index is 3.55. The minimum Gasteiger partial charge on any atom is -0.374 e. The van der Waals surface area contributed by atoms with Crippen LogP contribution in [0.5, 0.6) is 0 Å². The summed E-state index contributed by atoms with van der Waals surface area (Å²) in [6, 6.07) is 0.0386. The van der Waals surface area contributed by atoms with Crippen molar-refractivity contribution in [1.29, 1.82) is 0 Å². The molecule has 0 aliphatic rings. The Morgan fingerprint density at radius 2 is 2.00 bits per heavy atom. The topological polar surface area (TPSA) is 35.2 Å². The maximum absolute atomic E-state index is 5.74. The van der Waals surface area contributed by atoms with Crippen molar-refractivity contribution in [3.05, 3.63) is 0 Å². The van der Waals surface area contributed by atoms with Gasteiger partial charge in [-0.3, -0.25) is 0 Å². The zero-order chi connectivity index (χ0) is 9.61. The van der Waals surface area contributed by atoms with Crippen molar-refractivity contribution >= 4 is 0 Å². The highest BCUT2D eigenvalue weighted by molar-refractivity contribution is 4.97. The molecule has 70 valence electrons.